The number of aliphatic hydroxyl groups excluding tert-OH is 1. The second-order valence-corrected chi connectivity index (χ2v) is 14.5. The van der Waals surface area contributed by atoms with Gasteiger partial charge in [0.15, 0.2) is 0 Å². The fourth-order valence-corrected chi connectivity index (χ4v) is 2.64. The molecule has 1 amide bonds. The first-order chi connectivity index (χ1) is 42.4. The van der Waals surface area contributed by atoms with Gasteiger partial charge in [-0.3, -0.25) is 4.79 Å². The fraction of sp³-hybridized carbons (Fsp3) is 0.642. The zero-order valence-corrected chi connectivity index (χ0v) is 65.7. The highest BCUT2D eigenvalue weighted by atomic mass is 16.3. The van der Waals surface area contributed by atoms with Crippen LogP contribution >= 0.6 is 0 Å². The molecule has 27 N–H and O–H groups in total. The van der Waals surface area contributed by atoms with Gasteiger partial charge >= 0.3 is 0 Å². The summed E-state index contributed by atoms with van der Waals surface area (Å²) in [5.74, 6) is 3.72. The summed E-state index contributed by atoms with van der Waals surface area (Å²) < 4.78 is 0. The molecule has 1 heterocycles. The number of piperidine rings is 1. The summed E-state index contributed by atoms with van der Waals surface area (Å²) in [6, 6.07) is 20.9. The molecule has 1 aliphatic heterocycles. The number of carbonyl (C=O) groups is 12. The quantitative estimate of drug-likeness (QED) is 0.132. The predicted octanol–water partition coefficient (Wildman–Crippen LogP) is 11.4. The Balaban J connectivity index is -0.0000000170. The minimum absolute atomic E-state index is 0. The number of rotatable bonds is 5. The highest BCUT2D eigenvalue weighted by Gasteiger charge is 2.11. The van der Waals surface area contributed by atoms with Crippen molar-refractivity contribution in [3.05, 3.63) is 71.8 Å². The van der Waals surface area contributed by atoms with Crippen LogP contribution in [0.5, 0.6) is 0 Å². The maximum atomic E-state index is 10.7. The minimum Gasteiger partial charge on any atom is -0.394 e. The Morgan fingerprint density at radius 1 is 0.359 bits per heavy atom. The van der Waals surface area contributed by atoms with Crippen molar-refractivity contribution in [2.45, 2.75) is 203 Å². The van der Waals surface area contributed by atoms with E-state index < -0.39 is 0 Å². The van der Waals surface area contributed by atoms with E-state index in [0.717, 1.165) is 49.6 Å². The molecule has 0 radical (unpaired) electrons. The van der Waals surface area contributed by atoms with Crippen molar-refractivity contribution in [1.29, 1.82) is 0 Å². The van der Waals surface area contributed by atoms with E-state index in [1.807, 2.05) is 119 Å². The summed E-state index contributed by atoms with van der Waals surface area (Å²) >= 11 is 0. The van der Waals surface area contributed by atoms with Gasteiger partial charge < -0.3 is 127 Å². The molecule has 0 unspecified atom stereocenters. The van der Waals surface area contributed by atoms with Crippen molar-refractivity contribution in [1.82, 2.24) is 29.5 Å². The molecule has 25 heteroatoms. The zero-order valence-electron chi connectivity index (χ0n) is 65.7. The molecule has 0 atom stereocenters. The summed E-state index contributed by atoms with van der Waals surface area (Å²) in [6.45, 7) is 67.8. The van der Waals surface area contributed by atoms with E-state index in [0.29, 0.717) is 0 Å². The number of benzene rings is 2. The molecule has 1 aliphatic rings. The first kappa shape index (κ1) is 191. The predicted molar refractivity (Wildman–Crippen MR) is 413 cm³/mol. The van der Waals surface area contributed by atoms with Gasteiger partial charge in [0.05, 0.1) is 0 Å². The van der Waals surface area contributed by atoms with Crippen molar-refractivity contribution >= 4 is 80.6 Å². The molecule has 92 heavy (non-hydrogen) atoms. The summed E-state index contributed by atoms with van der Waals surface area (Å²) in [5.41, 5.74) is 34.3. The van der Waals surface area contributed by atoms with E-state index in [-0.39, 0.29) is 36.6 Å². The SMILES string of the molecule is C=O.C=O.C=O.C=O.C=O.C=O.C=O.C=O.C=O.C=O.C=O.CC.CC.CC(=O)N1CCCCC1.CC(C)C.CC(C)O.CCC(C)C.CCC(C)C.CCC(C)C.CCc1ccccc1.CCc1ccccc1.CN.CN.CN.CN.CN.CN.CN.N.N.N.N. The molecule has 0 spiro atoms. The second-order valence-electron chi connectivity index (χ2n) is 14.5. The van der Waals surface area contributed by atoms with Crippen LogP contribution in [-0.2, 0) is 70.4 Å². The highest BCUT2D eigenvalue weighted by Crippen LogP contribution is 2.07. The summed E-state index contributed by atoms with van der Waals surface area (Å²) in [7, 11) is 10.5. The number of carbonyl (C=O) groups excluding carboxylic acids is 12. The Hall–Kier alpha value is -6.20. The number of aliphatic hydroxyl groups is 1. The van der Waals surface area contributed by atoms with E-state index in [4.69, 9.17) is 57.8 Å². The van der Waals surface area contributed by atoms with Crippen LogP contribution in [0.15, 0.2) is 60.7 Å². The smallest absolute Gasteiger partial charge is 0.219 e. The third-order valence-corrected chi connectivity index (χ3v) is 6.75. The third kappa shape index (κ3) is 568. The molecule has 1 fully saturated rings. The average molecular weight is 1350 g/mol. The summed E-state index contributed by atoms with van der Waals surface area (Å²) in [6.07, 6.45) is 9.71. The van der Waals surface area contributed by atoms with Crippen LogP contribution < -0.4 is 64.7 Å². The van der Waals surface area contributed by atoms with Crippen LogP contribution in [0, 0.1) is 23.7 Å². The number of hydrogen-bond acceptors (Lipinski definition) is 24. The molecule has 25 nitrogen and oxygen atoms in total. The zero-order chi connectivity index (χ0) is 78.3. The van der Waals surface area contributed by atoms with E-state index in [1.165, 1.54) is 99.0 Å². The topological polar surface area (TPSA) is 550 Å². The Morgan fingerprint density at radius 3 is 0.543 bits per heavy atom. The minimum atomic E-state index is -0.167. The molecule has 0 saturated carbocycles. The Labute approximate surface area is 571 Å². The van der Waals surface area contributed by atoms with Crippen LogP contribution in [0.4, 0.5) is 0 Å². The molecule has 2 aromatic rings. The standard InChI is InChI=1S/2C8H10.C7H13NO.3C5H12.C4H10.C3H8O.2C2H6.7CH5N.11CH2O.4H3N/c2*1-2-8-6-4-3-5-7-8;1-7(9)8-5-3-2-4-6-8;3*1-4-5(2)3;1-4(2)3;1-3(2)4;20*1-2;;;;/h2*3-7H,2H2,1H3;2-6H2,1H3;3*5H,4H2,1-3H3;4H,1-3H3;3-4H,1-2H3;2*1-2H3;7*2H2,1H3;11*1H2;4*1H3. The average Bonchev–Trinajstić information content (AvgIpc) is 3.64. The van der Waals surface area contributed by atoms with E-state index in [2.05, 4.69) is 186 Å². The van der Waals surface area contributed by atoms with E-state index in [9.17, 15) is 4.79 Å². The first-order valence-corrected chi connectivity index (χ1v) is 28.7. The van der Waals surface area contributed by atoms with Gasteiger partial charge in [0, 0.05) is 26.1 Å². The number of nitrogens with zero attached hydrogens (tertiary/aromatic N) is 1. The maximum absolute atomic E-state index is 10.7. The van der Waals surface area contributed by atoms with Gasteiger partial charge in [-0.1, -0.05) is 205 Å². The fourth-order valence-electron chi connectivity index (χ4n) is 2.64. The molecule has 0 aromatic heterocycles. The second kappa shape index (κ2) is 358. The van der Waals surface area contributed by atoms with Gasteiger partial charge in [0.2, 0.25) is 5.91 Å². The molecule has 3 rings (SSSR count). The van der Waals surface area contributed by atoms with Crippen LogP contribution in [-0.4, -0.2) is 159 Å². The van der Waals surface area contributed by atoms with Gasteiger partial charge in [-0.2, -0.15) is 0 Å². The van der Waals surface area contributed by atoms with Gasteiger partial charge in [-0.15, -0.1) is 0 Å². The summed E-state index contributed by atoms with van der Waals surface area (Å²) in [4.78, 5) is 101. The molecular weight excluding hydrogens is 1180 g/mol. The van der Waals surface area contributed by atoms with E-state index >= 15 is 0 Å². The largest absolute Gasteiger partial charge is 0.394 e. The molecule has 0 aliphatic carbocycles. The van der Waals surface area contributed by atoms with Gasteiger partial charge in [-0.25, -0.2) is 0 Å². The van der Waals surface area contributed by atoms with Crippen LogP contribution in [0.25, 0.3) is 0 Å². The molecule has 0 bridgehead atoms. The monoisotopic (exact) mass is 1350 g/mol. The van der Waals surface area contributed by atoms with Crippen molar-refractivity contribution in [2.24, 2.45) is 63.8 Å². The lowest BCUT2D eigenvalue weighted by Crippen LogP contribution is -2.33. The van der Waals surface area contributed by atoms with Gasteiger partial charge in [0.25, 0.3) is 0 Å². The number of amides is 1. The lowest BCUT2D eigenvalue weighted by molar-refractivity contribution is -0.129. The van der Waals surface area contributed by atoms with Gasteiger partial charge in [-0.05, 0) is 130 Å². The number of nitrogens with two attached hydrogens (primary N) is 7. The Morgan fingerprint density at radius 2 is 0.478 bits per heavy atom. The third-order valence-electron chi connectivity index (χ3n) is 6.75. The molecule has 1 saturated heterocycles. The number of likely N-dealkylation sites (tertiary alicyclic amines) is 1. The normalized spacial score (nSPS) is 6.95. The lowest BCUT2D eigenvalue weighted by atomic mass is 10.1. The number of hydrogen-bond donors (Lipinski definition) is 12. The van der Waals surface area contributed by atoms with Gasteiger partial charge in [0.1, 0.15) is 74.7 Å². The van der Waals surface area contributed by atoms with Crippen molar-refractivity contribution in [3.63, 3.8) is 0 Å². The van der Waals surface area contributed by atoms with Crippen LogP contribution in [0.3, 0.4) is 0 Å². The highest BCUT2D eigenvalue weighted by molar-refractivity contribution is 5.73. The lowest BCUT2D eigenvalue weighted by Gasteiger charge is -2.24. The Kier molecular flexibility index (Phi) is 744. The van der Waals surface area contributed by atoms with Crippen molar-refractivity contribution < 1.29 is 62.6 Å². The Bertz CT molecular complexity index is 968. The molecular formula is C67H168N12O13. The van der Waals surface area contributed by atoms with Crippen LogP contribution in [0.1, 0.15) is 195 Å². The van der Waals surface area contributed by atoms with Crippen LogP contribution in [0.2, 0.25) is 0 Å². The number of aryl methyl sites for hydroxylation is 2. The summed E-state index contributed by atoms with van der Waals surface area (Å²) in [5, 5.41) is 8.06. The van der Waals surface area contributed by atoms with Crippen molar-refractivity contribution in [3.8, 4) is 0 Å². The van der Waals surface area contributed by atoms with Crippen molar-refractivity contribution in [2.75, 3.05) is 62.4 Å². The van der Waals surface area contributed by atoms with E-state index in [1.54, 1.807) is 20.8 Å². The first-order valence-electron chi connectivity index (χ1n) is 28.7. The maximum Gasteiger partial charge on any atom is 0.219 e. The molecule has 2 aromatic carbocycles. The molecule has 574 valence electrons.